The molecule has 0 saturated carbocycles. The van der Waals surface area contributed by atoms with E-state index in [1.54, 1.807) is 10.4 Å². The normalized spacial score (nSPS) is 20.4. The molecule has 2 aliphatic rings. The molecule has 0 aromatic heterocycles. The van der Waals surface area contributed by atoms with E-state index in [-0.39, 0.29) is 0 Å². The Morgan fingerprint density at radius 2 is 1.83 bits per heavy atom. The van der Waals surface area contributed by atoms with E-state index >= 15 is 0 Å². The highest BCUT2D eigenvalue weighted by atomic mass is 32.2. The van der Waals surface area contributed by atoms with Crippen molar-refractivity contribution in [1.29, 1.82) is 0 Å². The van der Waals surface area contributed by atoms with Crippen LogP contribution in [0.3, 0.4) is 0 Å². The van der Waals surface area contributed by atoms with Gasteiger partial charge >= 0.3 is 0 Å². The summed E-state index contributed by atoms with van der Waals surface area (Å²) in [5.41, 5.74) is 1.75. The van der Waals surface area contributed by atoms with Gasteiger partial charge in [-0.05, 0) is 43.3 Å². The molecule has 24 heavy (non-hydrogen) atoms. The Morgan fingerprint density at radius 3 is 2.46 bits per heavy atom. The molecule has 0 atom stereocenters. The van der Waals surface area contributed by atoms with Crippen molar-refractivity contribution in [1.82, 2.24) is 14.1 Å². The number of piperazine rings is 1. The van der Waals surface area contributed by atoms with E-state index in [9.17, 15) is 8.42 Å². The summed E-state index contributed by atoms with van der Waals surface area (Å²) in [6.07, 6.45) is 0. The third-order valence-corrected chi connectivity index (χ3v) is 6.93. The molecule has 1 aromatic rings. The molecule has 0 amide bonds. The van der Waals surface area contributed by atoms with Crippen LogP contribution in [0, 0.1) is 13.8 Å². The van der Waals surface area contributed by atoms with Crippen molar-refractivity contribution in [3.63, 3.8) is 0 Å². The minimum absolute atomic E-state index is 0.421. The number of aryl methyl sites for hydroxylation is 2. The minimum atomic E-state index is -3.43. The van der Waals surface area contributed by atoms with Gasteiger partial charge in [-0.25, -0.2) is 8.42 Å². The molecular formula is C16H23N3O3S2. The first kappa shape index (κ1) is 17.6. The number of benzene rings is 1. The molecule has 3 rings (SSSR count). The van der Waals surface area contributed by atoms with Gasteiger partial charge in [0.05, 0.1) is 18.1 Å². The lowest BCUT2D eigenvalue weighted by atomic mass is 10.2. The molecule has 2 heterocycles. The molecule has 0 spiro atoms. The van der Waals surface area contributed by atoms with Gasteiger partial charge in [-0.15, -0.1) is 0 Å². The number of rotatable bonds is 4. The predicted octanol–water partition coefficient (Wildman–Crippen LogP) is 1.18. The zero-order chi connectivity index (χ0) is 17.3. The lowest BCUT2D eigenvalue weighted by molar-refractivity contribution is 0.142. The third-order valence-electron chi connectivity index (χ3n) is 4.51. The molecule has 0 unspecified atom stereocenters. The molecule has 2 fully saturated rings. The van der Waals surface area contributed by atoms with Crippen molar-refractivity contribution in [3.8, 4) is 0 Å². The Bertz CT molecular complexity index is 728. The number of hydrogen-bond donors (Lipinski definition) is 0. The maximum atomic E-state index is 12.9. The quantitative estimate of drug-likeness (QED) is 0.743. The average Bonchev–Trinajstić information content (AvgIpc) is 2.95. The first-order chi connectivity index (χ1) is 11.4. The van der Waals surface area contributed by atoms with Crippen LogP contribution in [-0.2, 0) is 14.8 Å². The first-order valence-electron chi connectivity index (χ1n) is 8.09. The fourth-order valence-corrected chi connectivity index (χ4v) is 5.00. The third kappa shape index (κ3) is 3.56. The van der Waals surface area contributed by atoms with Crippen LogP contribution in [0.25, 0.3) is 0 Å². The maximum absolute atomic E-state index is 12.9. The summed E-state index contributed by atoms with van der Waals surface area (Å²) in [5, 5.41) is 0.542. The van der Waals surface area contributed by atoms with Crippen LogP contribution in [0.2, 0.25) is 0 Å². The van der Waals surface area contributed by atoms with Crippen molar-refractivity contribution >= 4 is 27.4 Å². The van der Waals surface area contributed by atoms with Crippen LogP contribution in [0.4, 0.5) is 0 Å². The molecule has 2 saturated heterocycles. The number of ether oxygens (including phenoxy) is 1. The summed E-state index contributed by atoms with van der Waals surface area (Å²) in [6, 6.07) is 5.57. The van der Waals surface area contributed by atoms with Crippen molar-refractivity contribution in [2.24, 2.45) is 0 Å². The van der Waals surface area contributed by atoms with Gasteiger partial charge in [0.15, 0.2) is 0 Å². The highest BCUT2D eigenvalue weighted by Crippen LogP contribution is 2.22. The largest absolute Gasteiger partial charge is 0.469 e. The summed E-state index contributed by atoms with van der Waals surface area (Å²) < 4.78 is 32.7. The maximum Gasteiger partial charge on any atom is 0.260 e. The van der Waals surface area contributed by atoms with Crippen LogP contribution in [0.1, 0.15) is 11.1 Å². The molecular weight excluding hydrogens is 346 g/mol. The molecule has 0 bridgehead atoms. The zero-order valence-electron chi connectivity index (χ0n) is 14.1. The average molecular weight is 370 g/mol. The summed E-state index contributed by atoms with van der Waals surface area (Å²) in [6.45, 7) is 8.30. The summed E-state index contributed by atoms with van der Waals surface area (Å²) in [4.78, 5) is 4.66. The van der Waals surface area contributed by atoms with Crippen molar-refractivity contribution in [3.05, 3.63) is 29.3 Å². The van der Waals surface area contributed by atoms with Gasteiger partial charge in [-0.2, -0.15) is 4.31 Å². The van der Waals surface area contributed by atoms with Gasteiger partial charge in [0, 0.05) is 26.2 Å². The minimum Gasteiger partial charge on any atom is -0.469 e. The Balaban J connectivity index is 1.65. The van der Waals surface area contributed by atoms with Gasteiger partial charge in [0.1, 0.15) is 6.61 Å². The van der Waals surface area contributed by atoms with Crippen LogP contribution in [0.15, 0.2) is 23.1 Å². The molecule has 1 aromatic carbocycles. The van der Waals surface area contributed by atoms with E-state index in [0.717, 1.165) is 17.7 Å². The lowest BCUT2D eigenvalue weighted by Gasteiger charge is -2.36. The van der Waals surface area contributed by atoms with Crippen molar-refractivity contribution in [2.75, 3.05) is 46.0 Å². The van der Waals surface area contributed by atoms with Crippen LogP contribution in [0.5, 0.6) is 0 Å². The highest BCUT2D eigenvalue weighted by molar-refractivity contribution is 7.89. The second kappa shape index (κ2) is 6.95. The second-order valence-electron chi connectivity index (χ2n) is 6.31. The fourth-order valence-electron chi connectivity index (χ4n) is 3.03. The summed E-state index contributed by atoms with van der Waals surface area (Å²) in [7, 11) is -3.43. The Labute approximate surface area is 149 Å². The summed E-state index contributed by atoms with van der Waals surface area (Å²) in [5.74, 6) is 0. The van der Waals surface area contributed by atoms with E-state index in [2.05, 4.69) is 4.90 Å². The molecule has 132 valence electrons. The molecule has 2 aliphatic heterocycles. The Morgan fingerprint density at radius 1 is 1.12 bits per heavy atom. The van der Waals surface area contributed by atoms with E-state index in [0.29, 0.717) is 49.5 Å². The smallest absolute Gasteiger partial charge is 0.260 e. The van der Waals surface area contributed by atoms with Crippen LogP contribution in [-0.4, -0.2) is 73.7 Å². The zero-order valence-corrected chi connectivity index (χ0v) is 15.7. The van der Waals surface area contributed by atoms with Crippen molar-refractivity contribution in [2.45, 2.75) is 18.7 Å². The van der Waals surface area contributed by atoms with E-state index < -0.39 is 10.0 Å². The standard InChI is InChI=1S/C16H23N3O3S2/c1-13-3-4-14(2)15(11-13)24(20,21)19-7-5-17(6-8-19)12-18-9-10-22-16(18)23/h3-4,11H,5-10,12H2,1-2H3. The van der Waals surface area contributed by atoms with E-state index in [1.165, 1.54) is 0 Å². The number of sulfonamides is 1. The molecule has 8 heteroatoms. The summed E-state index contributed by atoms with van der Waals surface area (Å²) >= 11 is 5.15. The fraction of sp³-hybridized carbons (Fsp3) is 0.562. The predicted molar refractivity (Wildman–Crippen MR) is 96.4 cm³/mol. The Kier molecular flexibility index (Phi) is 5.10. The molecule has 0 N–H and O–H groups in total. The van der Waals surface area contributed by atoms with Gasteiger partial charge in [-0.3, -0.25) is 4.90 Å². The van der Waals surface area contributed by atoms with Crippen molar-refractivity contribution < 1.29 is 13.2 Å². The SMILES string of the molecule is Cc1ccc(C)c(S(=O)(=O)N2CCN(CN3CCOC3=S)CC2)c1. The van der Waals surface area contributed by atoms with Gasteiger partial charge < -0.3 is 9.64 Å². The lowest BCUT2D eigenvalue weighted by Crippen LogP contribution is -2.51. The van der Waals surface area contributed by atoms with E-state index in [1.807, 2.05) is 30.9 Å². The number of thiocarbonyl (C=S) groups is 1. The van der Waals surface area contributed by atoms with Gasteiger partial charge in [0.25, 0.3) is 5.17 Å². The van der Waals surface area contributed by atoms with E-state index in [4.69, 9.17) is 17.0 Å². The molecule has 0 aliphatic carbocycles. The second-order valence-corrected chi connectivity index (χ2v) is 8.57. The van der Waals surface area contributed by atoms with Gasteiger partial charge in [0.2, 0.25) is 10.0 Å². The molecule has 6 nitrogen and oxygen atoms in total. The number of hydrogen-bond acceptors (Lipinski definition) is 5. The number of nitrogens with zero attached hydrogens (tertiary/aromatic N) is 3. The highest BCUT2D eigenvalue weighted by Gasteiger charge is 2.31. The monoisotopic (exact) mass is 369 g/mol. The Hall–Kier alpha value is -1.22. The van der Waals surface area contributed by atoms with Crippen LogP contribution >= 0.6 is 12.2 Å². The molecule has 0 radical (unpaired) electrons. The first-order valence-corrected chi connectivity index (χ1v) is 9.94. The van der Waals surface area contributed by atoms with Crippen LogP contribution < -0.4 is 0 Å². The van der Waals surface area contributed by atoms with Gasteiger partial charge in [-0.1, -0.05) is 12.1 Å². The topological polar surface area (TPSA) is 53.1 Å².